The van der Waals surface area contributed by atoms with Gasteiger partial charge in [0, 0.05) is 10.5 Å². The summed E-state index contributed by atoms with van der Waals surface area (Å²) in [4.78, 5) is 26.6. The molecule has 3 rings (SSSR count). The smallest absolute Gasteiger partial charge is 0.293 e. The first-order chi connectivity index (χ1) is 13.4. The van der Waals surface area contributed by atoms with Crippen LogP contribution in [0.3, 0.4) is 0 Å². The van der Waals surface area contributed by atoms with Gasteiger partial charge >= 0.3 is 0 Å². The van der Waals surface area contributed by atoms with Crippen molar-refractivity contribution in [3.8, 4) is 11.5 Å². The Kier molecular flexibility index (Phi) is 6.69. The molecule has 28 heavy (non-hydrogen) atoms. The molecule has 0 aliphatic carbocycles. The van der Waals surface area contributed by atoms with Gasteiger partial charge in [0.1, 0.15) is 0 Å². The topological polar surface area (TPSA) is 55.8 Å². The van der Waals surface area contributed by atoms with Gasteiger partial charge in [-0.25, -0.2) is 0 Å². The van der Waals surface area contributed by atoms with Gasteiger partial charge in [0.15, 0.2) is 11.5 Å². The third-order valence-corrected chi connectivity index (χ3v) is 5.76. The van der Waals surface area contributed by atoms with E-state index in [9.17, 15) is 9.59 Å². The van der Waals surface area contributed by atoms with Crippen molar-refractivity contribution < 1.29 is 19.1 Å². The van der Waals surface area contributed by atoms with E-state index in [-0.39, 0.29) is 17.7 Å². The number of rotatable bonds is 6. The lowest BCUT2D eigenvalue weighted by atomic mass is 10.1. The number of ether oxygens (including phenoxy) is 2. The normalized spacial score (nSPS) is 15.4. The van der Waals surface area contributed by atoms with Gasteiger partial charge in [-0.15, -0.1) is 0 Å². The number of nitrogens with zero attached hydrogens (tertiary/aromatic N) is 1. The van der Waals surface area contributed by atoms with Gasteiger partial charge in [0.25, 0.3) is 11.1 Å². The lowest BCUT2D eigenvalue weighted by Crippen LogP contribution is -2.27. The number of halogens is 2. The van der Waals surface area contributed by atoms with Gasteiger partial charge in [0.05, 0.1) is 30.2 Å². The van der Waals surface area contributed by atoms with Crippen LogP contribution in [0.5, 0.6) is 11.5 Å². The van der Waals surface area contributed by atoms with Crippen LogP contribution >= 0.6 is 39.3 Å². The SMILES string of the molecule is CCOc1cc(Cl)c(/C=C2\SC(=O)N(Cc3ccc(Br)cc3)C2=O)cc1OC. The van der Waals surface area contributed by atoms with E-state index in [1.54, 1.807) is 18.2 Å². The summed E-state index contributed by atoms with van der Waals surface area (Å²) in [6.07, 6.45) is 1.60. The van der Waals surface area contributed by atoms with Crippen LogP contribution < -0.4 is 9.47 Å². The van der Waals surface area contributed by atoms with Gasteiger partial charge in [0.2, 0.25) is 0 Å². The van der Waals surface area contributed by atoms with Gasteiger partial charge in [-0.3, -0.25) is 14.5 Å². The molecule has 2 amide bonds. The first kappa shape index (κ1) is 20.8. The largest absolute Gasteiger partial charge is 0.493 e. The van der Waals surface area contributed by atoms with Crippen LogP contribution in [0.2, 0.25) is 5.02 Å². The molecule has 0 unspecified atom stereocenters. The average Bonchev–Trinajstić information content (AvgIpc) is 2.93. The van der Waals surface area contributed by atoms with Gasteiger partial charge in [-0.1, -0.05) is 39.7 Å². The fraction of sp³-hybridized carbons (Fsp3) is 0.200. The zero-order chi connectivity index (χ0) is 20.3. The highest BCUT2D eigenvalue weighted by Gasteiger charge is 2.35. The number of amides is 2. The van der Waals surface area contributed by atoms with E-state index in [1.807, 2.05) is 31.2 Å². The first-order valence-electron chi connectivity index (χ1n) is 8.43. The summed E-state index contributed by atoms with van der Waals surface area (Å²) in [5.74, 6) is 0.684. The molecule has 0 spiro atoms. The highest BCUT2D eigenvalue weighted by molar-refractivity contribution is 9.10. The van der Waals surface area contributed by atoms with Gasteiger partial charge in [-0.05, 0) is 54.1 Å². The Hall–Kier alpha value is -1.96. The molecule has 0 bridgehead atoms. The minimum absolute atomic E-state index is 0.218. The lowest BCUT2D eigenvalue weighted by Gasteiger charge is -2.13. The van der Waals surface area contributed by atoms with Crippen LogP contribution in [0.4, 0.5) is 4.79 Å². The number of imide groups is 1. The second-order valence-corrected chi connectivity index (χ2v) is 8.17. The third-order valence-electron chi connectivity index (χ3n) is 4.00. The Morgan fingerprint density at radius 2 is 1.89 bits per heavy atom. The summed E-state index contributed by atoms with van der Waals surface area (Å²) in [6.45, 7) is 2.55. The maximum absolute atomic E-state index is 12.7. The third kappa shape index (κ3) is 4.54. The molecule has 8 heteroatoms. The van der Waals surface area contributed by atoms with Crippen molar-refractivity contribution in [2.24, 2.45) is 0 Å². The maximum atomic E-state index is 12.7. The molecule has 1 aliphatic rings. The first-order valence-corrected chi connectivity index (χ1v) is 10.4. The number of thioether (sulfide) groups is 1. The fourth-order valence-electron chi connectivity index (χ4n) is 2.64. The molecule has 0 saturated carbocycles. The minimum atomic E-state index is -0.346. The lowest BCUT2D eigenvalue weighted by molar-refractivity contribution is -0.123. The maximum Gasteiger partial charge on any atom is 0.293 e. The van der Waals surface area contributed by atoms with Crippen molar-refractivity contribution in [1.29, 1.82) is 0 Å². The summed E-state index contributed by atoms with van der Waals surface area (Å²) < 4.78 is 11.8. The van der Waals surface area contributed by atoms with Crippen LogP contribution in [-0.4, -0.2) is 29.8 Å². The van der Waals surface area contributed by atoms with Crippen molar-refractivity contribution in [2.45, 2.75) is 13.5 Å². The average molecular weight is 483 g/mol. The predicted octanol–water partition coefficient (Wildman–Crippen LogP) is 5.75. The van der Waals surface area contributed by atoms with Crippen molar-refractivity contribution >= 4 is 56.5 Å². The summed E-state index contributed by atoms with van der Waals surface area (Å²) in [7, 11) is 1.53. The number of hydrogen-bond acceptors (Lipinski definition) is 5. The Morgan fingerprint density at radius 3 is 2.54 bits per heavy atom. The Morgan fingerprint density at radius 1 is 1.18 bits per heavy atom. The number of methoxy groups -OCH3 is 1. The monoisotopic (exact) mass is 481 g/mol. The minimum Gasteiger partial charge on any atom is -0.493 e. The predicted molar refractivity (Wildman–Crippen MR) is 115 cm³/mol. The van der Waals surface area contributed by atoms with Crippen LogP contribution in [0.25, 0.3) is 6.08 Å². The van der Waals surface area contributed by atoms with Gasteiger partial charge < -0.3 is 9.47 Å². The number of carbonyl (C=O) groups is 2. The number of carbonyl (C=O) groups excluding carboxylic acids is 2. The Labute approximate surface area is 180 Å². The molecular formula is C20H17BrClNO4S. The van der Waals surface area contributed by atoms with Crippen LogP contribution in [-0.2, 0) is 11.3 Å². The number of benzene rings is 2. The molecule has 2 aromatic carbocycles. The van der Waals surface area contributed by atoms with Crippen LogP contribution in [0, 0.1) is 0 Å². The molecule has 1 fully saturated rings. The van der Waals surface area contributed by atoms with Crippen LogP contribution in [0.1, 0.15) is 18.1 Å². The Balaban J connectivity index is 1.86. The van der Waals surface area contributed by atoms with Gasteiger partial charge in [-0.2, -0.15) is 0 Å². The second-order valence-electron chi connectivity index (χ2n) is 5.85. The number of hydrogen-bond donors (Lipinski definition) is 0. The van der Waals surface area contributed by atoms with Crippen molar-refractivity contribution in [1.82, 2.24) is 4.90 Å². The molecule has 0 radical (unpaired) electrons. The molecule has 1 heterocycles. The molecular weight excluding hydrogens is 466 g/mol. The molecule has 1 aliphatic heterocycles. The summed E-state index contributed by atoms with van der Waals surface area (Å²) in [6, 6.07) is 10.8. The zero-order valence-electron chi connectivity index (χ0n) is 15.2. The van der Waals surface area contributed by atoms with E-state index in [4.69, 9.17) is 21.1 Å². The highest BCUT2D eigenvalue weighted by Crippen LogP contribution is 2.38. The van der Waals surface area contributed by atoms with E-state index in [0.29, 0.717) is 33.6 Å². The quantitative estimate of drug-likeness (QED) is 0.491. The molecule has 146 valence electrons. The molecule has 2 aromatic rings. The van der Waals surface area contributed by atoms with Crippen LogP contribution in [0.15, 0.2) is 45.8 Å². The standard InChI is InChI=1S/C20H17BrClNO4S/c1-3-27-17-10-15(22)13(8-16(17)26-2)9-18-19(24)23(20(25)28-18)11-12-4-6-14(21)7-5-12/h4-10H,3,11H2,1-2H3/b18-9-. The van der Waals surface area contributed by atoms with E-state index in [1.165, 1.54) is 12.0 Å². The van der Waals surface area contributed by atoms with Crippen molar-refractivity contribution in [3.63, 3.8) is 0 Å². The van der Waals surface area contributed by atoms with Crippen molar-refractivity contribution in [2.75, 3.05) is 13.7 Å². The molecule has 0 atom stereocenters. The summed E-state index contributed by atoms with van der Waals surface area (Å²) in [5.41, 5.74) is 1.45. The fourth-order valence-corrected chi connectivity index (χ4v) is 3.94. The Bertz CT molecular complexity index is 946. The van der Waals surface area contributed by atoms with E-state index in [2.05, 4.69) is 15.9 Å². The molecule has 1 saturated heterocycles. The molecule has 0 N–H and O–H groups in total. The second kappa shape index (κ2) is 9.03. The zero-order valence-corrected chi connectivity index (χ0v) is 18.4. The van der Waals surface area contributed by atoms with E-state index >= 15 is 0 Å². The highest BCUT2D eigenvalue weighted by atomic mass is 79.9. The van der Waals surface area contributed by atoms with E-state index < -0.39 is 0 Å². The van der Waals surface area contributed by atoms with Crippen molar-refractivity contribution in [3.05, 3.63) is 61.9 Å². The molecule has 5 nitrogen and oxygen atoms in total. The van der Waals surface area contributed by atoms with E-state index in [0.717, 1.165) is 21.8 Å². The molecule has 0 aromatic heterocycles. The summed E-state index contributed by atoms with van der Waals surface area (Å²) in [5, 5.41) is 0.0946. The summed E-state index contributed by atoms with van der Waals surface area (Å²) >= 11 is 10.6.